The van der Waals surface area contributed by atoms with Gasteiger partial charge in [0.25, 0.3) is 0 Å². The van der Waals surface area contributed by atoms with Crippen LogP contribution in [-0.4, -0.2) is 66.8 Å². The van der Waals surface area contributed by atoms with Crippen LogP contribution in [0.1, 0.15) is 19.8 Å². The molecule has 1 rings (SSSR count). The number of hydrogen-bond donors (Lipinski definition) is 1. The highest BCUT2D eigenvalue weighted by molar-refractivity contribution is 5.78. The van der Waals surface area contributed by atoms with Crippen molar-refractivity contribution < 1.29 is 14.4 Å². The quantitative estimate of drug-likeness (QED) is 0.659. The lowest BCUT2D eigenvalue weighted by Crippen LogP contribution is -2.48. The normalized spacial score (nSPS) is 22.5. The van der Waals surface area contributed by atoms with Crippen LogP contribution in [0.3, 0.4) is 0 Å². The molecule has 0 spiro atoms. The second-order valence-electron chi connectivity index (χ2n) is 5.08. The van der Waals surface area contributed by atoms with Gasteiger partial charge in [0.1, 0.15) is 6.54 Å². The van der Waals surface area contributed by atoms with Crippen molar-refractivity contribution in [1.29, 1.82) is 0 Å². The van der Waals surface area contributed by atoms with Crippen LogP contribution in [0.15, 0.2) is 0 Å². The number of quaternary nitrogens is 1. The molecule has 88 valence electrons. The summed E-state index contributed by atoms with van der Waals surface area (Å²) in [4.78, 5) is 13.5. The summed E-state index contributed by atoms with van der Waals surface area (Å²) < 4.78 is 0.771. The van der Waals surface area contributed by atoms with E-state index in [9.17, 15) is 4.79 Å². The number of aliphatic hydroxyl groups is 1. The molecule has 0 radical (unpaired) electrons. The Kier molecular flexibility index (Phi) is 4.11. The van der Waals surface area contributed by atoms with Gasteiger partial charge in [0, 0.05) is 12.5 Å². The zero-order chi connectivity index (χ0) is 11.5. The Bertz CT molecular complexity index is 229. The summed E-state index contributed by atoms with van der Waals surface area (Å²) in [5.41, 5.74) is 0. The molecule has 1 aliphatic rings. The maximum Gasteiger partial charge on any atom is 0.223 e. The molecule has 4 nitrogen and oxygen atoms in total. The molecule has 1 aliphatic heterocycles. The summed E-state index contributed by atoms with van der Waals surface area (Å²) in [6.45, 7) is 4.79. The van der Waals surface area contributed by atoms with Crippen LogP contribution in [-0.2, 0) is 4.79 Å². The third-order valence-electron chi connectivity index (χ3n) is 3.28. The van der Waals surface area contributed by atoms with Crippen LogP contribution in [0.25, 0.3) is 0 Å². The molecule has 1 heterocycles. The molecule has 1 amide bonds. The Balaban J connectivity index is 2.39. The van der Waals surface area contributed by atoms with E-state index in [4.69, 9.17) is 5.11 Å². The Morgan fingerprint density at radius 1 is 1.47 bits per heavy atom. The van der Waals surface area contributed by atoms with E-state index < -0.39 is 0 Å². The van der Waals surface area contributed by atoms with Gasteiger partial charge in [-0.15, -0.1) is 0 Å². The highest BCUT2D eigenvalue weighted by Crippen LogP contribution is 2.17. The van der Waals surface area contributed by atoms with E-state index in [1.807, 2.05) is 4.90 Å². The van der Waals surface area contributed by atoms with E-state index in [-0.39, 0.29) is 12.5 Å². The van der Waals surface area contributed by atoms with Gasteiger partial charge in [-0.1, -0.05) is 0 Å². The molecule has 0 aromatic rings. The SMILES string of the molecule is CC1CCC(=O)N1CC[N+](C)(C)CCO. The lowest BCUT2D eigenvalue weighted by molar-refractivity contribution is -0.890. The zero-order valence-electron chi connectivity index (χ0n) is 10.1. The average molecular weight is 215 g/mol. The van der Waals surface area contributed by atoms with Crippen molar-refractivity contribution in [3.63, 3.8) is 0 Å². The minimum absolute atomic E-state index is 0.205. The number of carbonyl (C=O) groups excluding carboxylic acids is 1. The Hall–Kier alpha value is -0.610. The average Bonchev–Trinajstić information content (AvgIpc) is 2.44. The van der Waals surface area contributed by atoms with Crippen LogP contribution in [0, 0.1) is 0 Å². The Labute approximate surface area is 92.1 Å². The summed E-state index contributed by atoms with van der Waals surface area (Å²) in [6, 6.07) is 0.395. The predicted molar refractivity (Wildman–Crippen MR) is 59.3 cm³/mol. The van der Waals surface area contributed by atoms with Crippen molar-refractivity contribution in [3.8, 4) is 0 Å². The first kappa shape index (κ1) is 12.5. The number of hydrogen-bond acceptors (Lipinski definition) is 2. The molecule has 4 heteroatoms. The topological polar surface area (TPSA) is 40.5 Å². The summed E-state index contributed by atoms with van der Waals surface area (Å²) >= 11 is 0. The largest absolute Gasteiger partial charge is 0.391 e. The molecular weight excluding hydrogens is 192 g/mol. The lowest BCUT2D eigenvalue weighted by Gasteiger charge is -2.32. The van der Waals surface area contributed by atoms with Gasteiger partial charge in [-0.05, 0) is 13.3 Å². The first-order chi connectivity index (χ1) is 6.96. The van der Waals surface area contributed by atoms with Crippen molar-refractivity contribution in [2.75, 3.05) is 40.3 Å². The maximum absolute atomic E-state index is 11.5. The lowest BCUT2D eigenvalue weighted by atomic mass is 10.2. The van der Waals surface area contributed by atoms with Crippen molar-refractivity contribution in [2.45, 2.75) is 25.8 Å². The van der Waals surface area contributed by atoms with Gasteiger partial charge in [0.05, 0.1) is 33.8 Å². The van der Waals surface area contributed by atoms with Crippen molar-refractivity contribution in [3.05, 3.63) is 0 Å². The molecule has 1 saturated heterocycles. The number of likely N-dealkylation sites (N-methyl/N-ethyl adjacent to an activating group) is 1. The monoisotopic (exact) mass is 215 g/mol. The van der Waals surface area contributed by atoms with E-state index >= 15 is 0 Å². The molecule has 0 aromatic heterocycles. The van der Waals surface area contributed by atoms with E-state index in [1.54, 1.807) is 0 Å². The second-order valence-corrected chi connectivity index (χ2v) is 5.08. The van der Waals surface area contributed by atoms with Gasteiger partial charge in [0.15, 0.2) is 0 Å². The van der Waals surface area contributed by atoms with Gasteiger partial charge in [-0.3, -0.25) is 4.79 Å². The number of amides is 1. The number of nitrogens with zero attached hydrogens (tertiary/aromatic N) is 2. The zero-order valence-corrected chi connectivity index (χ0v) is 10.1. The number of rotatable bonds is 5. The molecule has 1 N–H and O–H groups in total. The molecule has 0 bridgehead atoms. The third-order valence-corrected chi connectivity index (χ3v) is 3.28. The predicted octanol–water partition coefficient (Wildman–Crippen LogP) is 0.0660. The minimum Gasteiger partial charge on any atom is -0.391 e. The number of aliphatic hydroxyl groups excluding tert-OH is 1. The standard InChI is InChI=1S/C11H23N2O2/c1-10-4-5-11(15)12(10)6-7-13(2,3)8-9-14/h10,14H,4-9H2,1-3H3/q+1. The van der Waals surface area contributed by atoms with Crippen LogP contribution in [0.5, 0.6) is 0 Å². The van der Waals surface area contributed by atoms with Gasteiger partial charge in [0.2, 0.25) is 5.91 Å². The molecule has 15 heavy (non-hydrogen) atoms. The van der Waals surface area contributed by atoms with Gasteiger partial charge in [-0.2, -0.15) is 0 Å². The molecule has 1 unspecified atom stereocenters. The third kappa shape index (κ3) is 3.47. The van der Waals surface area contributed by atoms with E-state index in [0.717, 1.165) is 30.5 Å². The van der Waals surface area contributed by atoms with E-state index in [2.05, 4.69) is 21.0 Å². The summed E-state index contributed by atoms with van der Waals surface area (Å²) in [5, 5.41) is 8.90. The maximum atomic E-state index is 11.5. The van der Waals surface area contributed by atoms with Gasteiger partial charge >= 0.3 is 0 Å². The van der Waals surface area contributed by atoms with Crippen molar-refractivity contribution in [1.82, 2.24) is 4.90 Å². The van der Waals surface area contributed by atoms with Crippen molar-refractivity contribution >= 4 is 5.91 Å². The molecular formula is C11H23N2O2+. The fourth-order valence-electron chi connectivity index (χ4n) is 1.98. The van der Waals surface area contributed by atoms with E-state index in [0.29, 0.717) is 12.5 Å². The fourth-order valence-corrected chi connectivity index (χ4v) is 1.98. The molecule has 0 saturated carbocycles. The molecule has 0 aliphatic carbocycles. The van der Waals surface area contributed by atoms with E-state index in [1.165, 1.54) is 0 Å². The minimum atomic E-state index is 0.205. The van der Waals surface area contributed by atoms with Crippen LogP contribution in [0.4, 0.5) is 0 Å². The summed E-state index contributed by atoms with van der Waals surface area (Å²) in [7, 11) is 4.17. The Morgan fingerprint density at radius 2 is 2.13 bits per heavy atom. The number of likely N-dealkylation sites (tertiary alicyclic amines) is 1. The molecule has 1 atom stereocenters. The summed E-state index contributed by atoms with van der Waals surface area (Å²) in [6.07, 6.45) is 1.70. The van der Waals surface area contributed by atoms with Crippen molar-refractivity contribution in [2.24, 2.45) is 0 Å². The first-order valence-corrected chi connectivity index (χ1v) is 5.68. The van der Waals surface area contributed by atoms with Crippen LogP contribution < -0.4 is 0 Å². The fraction of sp³-hybridized carbons (Fsp3) is 0.909. The van der Waals surface area contributed by atoms with Crippen LogP contribution in [0.2, 0.25) is 0 Å². The highest BCUT2D eigenvalue weighted by atomic mass is 16.3. The second kappa shape index (κ2) is 4.94. The molecule has 1 fully saturated rings. The molecule has 0 aromatic carbocycles. The number of carbonyl (C=O) groups is 1. The highest BCUT2D eigenvalue weighted by Gasteiger charge is 2.28. The van der Waals surface area contributed by atoms with Gasteiger partial charge in [-0.25, -0.2) is 0 Å². The smallest absolute Gasteiger partial charge is 0.223 e. The first-order valence-electron chi connectivity index (χ1n) is 5.68. The Morgan fingerprint density at radius 3 is 2.60 bits per heavy atom. The van der Waals surface area contributed by atoms with Crippen LogP contribution >= 0.6 is 0 Å². The van der Waals surface area contributed by atoms with Gasteiger partial charge < -0.3 is 14.5 Å². The summed E-state index contributed by atoms with van der Waals surface area (Å²) in [5.74, 6) is 0.284.